The molecule has 0 aliphatic heterocycles. The Kier molecular flexibility index (Phi) is 3.30. The van der Waals surface area contributed by atoms with Crippen LogP contribution < -0.4 is 10.5 Å². The number of hydrogen-bond donors (Lipinski definition) is 1. The van der Waals surface area contributed by atoms with E-state index in [0.717, 1.165) is 21.0 Å². The van der Waals surface area contributed by atoms with Gasteiger partial charge in [0, 0.05) is 28.9 Å². The number of thiophene rings is 1. The lowest BCUT2D eigenvalue weighted by Gasteiger charge is -2.00. The van der Waals surface area contributed by atoms with Crippen LogP contribution in [0.15, 0.2) is 42.7 Å². The van der Waals surface area contributed by atoms with Gasteiger partial charge in [0.15, 0.2) is 0 Å². The van der Waals surface area contributed by atoms with Crippen LogP contribution in [0.2, 0.25) is 0 Å². The third-order valence-electron chi connectivity index (χ3n) is 2.76. The summed E-state index contributed by atoms with van der Waals surface area (Å²) < 4.78 is 5.05. The van der Waals surface area contributed by atoms with Crippen molar-refractivity contribution in [3.05, 3.63) is 42.7 Å². The summed E-state index contributed by atoms with van der Waals surface area (Å²) in [4.78, 5) is 14.5. The van der Waals surface area contributed by atoms with Gasteiger partial charge in [0.05, 0.1) is 17.7 Å². The van der Waals surface area contributed by atoms with Crippen LogP contribution in [0.5, 0.6) is 5.88 Å². The Morgan fingerprint density at radius 3 is 2.60 bits per heavy atom. The van der Waals surface area contributed by atoms with E-state index in [1.54, 1.807) is 30.8 Å². The Balaban J connectivity index is 1.93. The first-order valence-corrected chi connectivity index (χ1v) is 6.77. The third kappa shape index (κ3) is 2.46. The summed E-state index contributed by atoms with van der Waals surface area (Å²) in [5, 5.41) is 0. The van der Waals surface area contributed by atoms with Crippen LogP contribution in [0, 0.1) is 0 Å². The van der Waals surface area contributed by atoms with Crippen molar-refractivity contribution in [3.63, 3.8) is 0 Å². The van der Waals surface area contributed by atoms with E-state index in [2.05, 4.69) is 15.0 Å². The second-order valence-corrected chi connectivity index (χ2v) is 5.14. The van der Waals surface area contributed by atoms with Gasteiger partial charge in [0.25, 0.3) is 0 Å². The van der Waals surface area contributed by atoms with Crippen molar-refractivity contribution in [1.29, 1.82) is 0 Å². The first-order chi connectivity index (χ1) is 9.76. The van der Waals surface area contributed by atoms with Gasteiger partial charge in [-0.15, -0.1) is 11.3 Å². The lowest BCUT2D eigenvalue weighted by Crippen LogP contribution is -1.93. The molecule has 0 aromatic carbocycles. The Bertz CT molecular complexity index is 724. The van der Waals surface area contributed by atoms with Crippen LogP contribution in [0.25, 0.3) is 21.0 Å². The first-order valence-electron chi connectivity index (χ1n) is 5.95. The largest absolute Gasteiger partial charge is 0.481 e. The lowest BCUT2D eigenvalue weighted by atomic mass is 10.2. The molecule has 0 bridgehead atoms. The number of rotatable bonds is 3. The van der Waals surface area contributed by atoms with Crippen LogP contribution >= 0.6 is 11.3 Å². The summed E-state index contributed by atoms with van der Waals surface area (Å²) in [7, 11) is 1.60. The molecule has 0 spiro atoms. The van der Waals surface area contributed by atoms with Crippen molar-refractivity contribution in [1.82, 2.24) is 15.0 Å². The summed E-state index contributed by atoms with van der Waals surface area (Å²) in [6, 6.07) is 9.74. The van der Waals surface area contributed by atoms with Crippen molar-refractivity contribution in [2.45, 2.75) is 0 Å². The number of pyridine rings is 1. The molecule has 5 nitrogen and oxygen atoms in total. The zero-order chi connectivity index (χ0) is 13.9. The minimum Gasteiger partial charge on any atom is -0.481 e. The predicted octanol–water partition coefficient (Wildman–Crippen LogP) is 2.86. The van der Waals surface area contributed by atoms with E-state index in [1.807, 2.05) is 30.3 Å². The number of nitrogens with zero attached hydrogens (tertiary/aromatic N) is 3. The van der Waals surface area contributed by atoms with Gasteiger partial charge in [-0.2, -0.15) is 0 Å². The molecule has 100 valence electrons. The molecule has 0 aliphatic carbocycles. The SMILES string of the molecule is COc1ccc(-c2ccc(-c3ccnc(N)n3)s2)cn1. The van der Waals surface area contributed by atoms with Gasteiger partial charge >= 0.3 is 0 Å². The molecule has 3 aromatic rings. The van der Waals surface area contributed by atoms with Crippen LogP contribution in [0.1, 0.15) is 0 Å². The van der Waals surface area contributed by atoms with Crippen molar-refractivity contribution in [2.24, 2.45) is 0 Å². The topological polar surface area (TPSA) is 73.9 Å². The molecule has 3 heterocycles. The lowest BCUT2D eigenvalue weighted by molar-refractivity contribution is 0.398. The highest BCUT2D eigenvalue weighted by Crippen LogP contribution is 2.33. The predicted molar refractivity (Wildman–Crippen MR) is 79.5 cm³/mol. The van der Waals surface area contributed by atoms with Gasteiger partial charge < -0.3 is 10.5 Å². The number of methoxy groups -OCH3 is 1. The van der Waals surface area contributed by atoms with E-state index in [9.17, 15) is 0 Å². The molecular weight excluding hydrogens is 272 g/mol. The number of ether oxygens (including phenoxy) is 1. The third-order valence-corrected chi connectivity index (χ3v) is 3.92. The van der Waals surface area contributed by atoms with Gasteiger partial charge in [-0.1, -0.05) is 0 Å². The minimum atomic E-state index is 0.281. The highest BCUT2D eigenvalue weighted by Gasteiger charge is 2.07. The van der Waals surface area contributed by atoms with Gasteiger partial charge in [-0.25, -0.2) is 15.0 Å². The Labute approximate surface area is 120 Å². The molecular formula is C14H12N4OS. The highest BCUT2D eigenvalue weighted by molar-refractivity contribution is 7.18. The zero-order valence-electron chi connectivity index (χ0n) is 10.8. The summed E-state index contributed by atoms with van der Waals surface area (Å²) >= 11 is 1.63. The summed E-state index contributed by atoms with van der Waals surface area (Å²) in [6.07, 6.45) is 3.45. The van der Waals surface area contributed by atoms with Crippen LogP contribution in [-0.2, 0) is 0 Å². The van der Waals surface area contributed by atoms with Gasteiger partial charge in [0.1, 0.15) is 0 Å². The summed E-state index contributed by atoms with van der Waals surface area (Å²) in [5.41, 5.74) is 7.48. The maximum absolute atomic E-state index is 5.60. The molecule has 0 atom stereocenters. The Morgan fingerprint density at radius 1 is 1.05 bits per heavy atom. The van der Waals surface area contributed by atoms with Crippen molar-refractivity contribution < 1.29 is 4.74 Å². The van der Waals surface area contributed by atoms with Crippen molar-refractivity contribution in [3.8, 4) is 26.9 Å². The normalized spacial score (nSPS) is 10.4. The average molecular weight is 284 g/mol. The van der Waals surface area contributed by atoms with Gasteiger partial charge in [-0.05, 0) is 24.3 Å². The monoisotopic (exact) mass is 284 g/mol. The van der Waals surface area contributed by atoms with Gasteiger partial charge in [0.2, 0.25) is 11.8 Å². The molecule has 0 saturated heterocycles. The fourth-order valence-electron chi connectivity index (χ4n) is 1.79. The Hall–Kier alpha value is -2.47. The molecule has 6 heteroatoms. The number of anilines is 1. The number of hydrogen-bond acceptors (Lipinski definition) is 6. The fourth-order valence-corrected chi connectivity index (χ4v) is 2.75. The zero-order valence-corrected chi connectivity index (χ0v) is 11.6. The number of nitrogen functional groups attached to an aromatic ring is 1. The maximum Gasteiger partial charge on any atom is 0.220 e. The molecule has 0 aliphatic rings. The smallest absolute Gasteiger partial charge is 0.220 e. The van der Waals surface area contributed by atoms with Crippen molar-refractivity contribution >= 4 is 17.3 Å². The van der Waals surface area contributed by atoms with E-state index in [4.69, 9.17) is 10.5 Å². The molecule has 3 aromatic heterocycles. The van der Waals surface area contributed by atoms with E-state index in [0.29, 0.717) is 5.88 Å². The number of aromatic nitrogens is 3. The summed E-state index contributed by atoms with van der Waals surface area (Å²) in [6.45, 7) is 0. The molecule has 2 N–H and O–H groups in total. The maximum atomic E-state index is 5.60. The van der Waals surface area contributed by atoms with Crippen LogP contribution in [0.4, 0.5) is 5.95 Å². The Morgan fingerprint density at radius 2 is 1.90 bits per heavy atom. The molecule has 0 saturated carbocycles. The standard InChI is InChI=1S/C14H12N4OS/c1-19-13-5-2-9(8-17-13)11-3-4-12(20-11)10-6-7-16-14(15)18-10/h2-8H,1H3,(H2,15,16,18). The summed E-state index contributed by atoms with van der Waals surface area (Å²) in [5.74, 6) is 0.887. The quantitative estimate of drug-likeness (QED) is 0.800. The molecule has 3 rings (SSSR count). The second-order valence-electron chi connectivity index (χ2n) is 4.05. The average Bonchev–Trinajstić information content (AvgIpc) is 2.97. The molecule has 0 amide bonds. The highest BCUT2D eigenvalue weighted by atomic mass is 32.1. The molecule has 0 radical (unpaired) electrons. The number of nitrogens with two attached hydrogens (primary N) is 1. The van der Waals surface area contributed by atoms with Crippen LogP contribution in [0.3, 0.4) is 0 Å². The van der Waals surface area contributed by atoms with Crippen molar-refractivity contribution in [2.75, 3.05) is 12.8 Å². The van der Waals surface area contributed by atoms with Crippen LogP contribution in [-0.4, -0.2) is 22.1 Å². The fraction of sp³-hybridized carbons (Fsp3) is 0.0714. The van der Waals surface area contributed by atoms with E-state index < -0.39 is 0 Å². The molecule has 0 unspecified atom stereocenters. The molecule has 0 fully saturated rings. The van der Waals surface area contributed by atoms with Gasteiger partial charge in [-0.3, -0.25) is 0 Å². The van der Waals surface area contributed by atoms with E-state index >= 15 is 0 Å². The minimum absolute atomic E-state index is 0.281. The van der Waals surface area contributed by atoms with E-state index in [1.165, 1.54) is 0 Å². The second kappa shape index (κ2) is 5.26. The molecule has 20 heavy (non-hydrogen) atoms. The first kappa shape index (κ1) is 12.6. The van der Waals surface area contributed by atoms with E-state index in [-0.39, 0.29) is 5.95 Å².